The fourth-order valence-electron chi connectivity index (χ4n) is 1.38. The number of carboxylic acids is 1. The molecule has 0 saturated carbocycles. The van der Waals surface area contributed by atoms with Gasteiger partial charge >= 0.3 is 5.97 Å². The molecule has 1 heterocycles. The number of nitrogens with zero attached hydrogens (tertiary/aromatic N) is 3. The average molecular weight is 408 g/mol. The van der Waals surface area contributed by atoms with Crippen molar-refractivity contribution in [2.24, 2.45) is 0 Å². The molecule has 0 radical (unpaired) electrons. The van der Waals surface area contributed by atoms with Crippen LogP contribution >= 0.6 is 43.6 Å². The second-order valence-corrected chi connectivity index (χ2v) is 6.17. The van der Waals surface area contributed by atoms with E-state index in [1.54, 1.807) is 4.57 Å². The van der Waals surface area contributed by atoms with Crippen molar-refractivity contribution in [3.8, 4) is 5.69 Å². The van der Waals surface area contributed by atoms with Gasteiger partial charge in [-0.25, -0.2) is 0 Å². The Kier molecular flexibility index (Phi) is 4.48. The van der Waals surface area contributed by atoms with E-state index in [0.29, 0.717) is 5.16 Å². The van der Waals surface area contributed by atoms with Gasteiger partial charge in [-0.15, -0.1) is 10.2 Å². The van der Waals surface area contributed by atoms with Gasteiger partial charge in [0.1, 0.15) is 0 Å². The monoisotopic (exact) mass is 406 g/mol. The molecule has 2 rings (SSSR count). The van der Waals surface area contributed by atoms with E-state index in [1.807, 2.05) is 18.2 Å². The molecule has 0 fully saturated rings. The number of benzene rings is 1. The number of rotatable bonds is 4. The first-order valence-corrected chi connectivity index (χ1v) is 7.57. The van der Waals surface area contributed by atoms with Crippen LogP contribution in [0.3, 0.4) is 0 Å². The third kappa shape index (κ3) is 3.28. The van der Waals surface area contributed by atoms with Crippen LogP contribution < -0.4 is 5.73 Å². The van der Waals surface area contributed by atoms with Gasteiger partial charge in [0, 0.05) is 8.95 Å². The SMILES string of the molecule is Nc1nnc(SCC(=O)O)n1-c1cc(Br)ccc1Br. The number of nitrogen functional groups attached to an aromatic ring is 1. The van der Waals surface area contributed by atoms with Crippen LogP contribution in [0.15, 0.2) is 32.3 Å². The van der Waals surface area contributed by atoms with E-state index in [1.165, 1.54) is 0 Å². The molecule has 1 aromatic heterocycles. The standard InChI is InChI=1S/C10H8Br2N4O2S/c11-5-1-2-6(12)7(3-5)16-9(13)14-15-10(16)19-4-8(17)18/h1-3H,4H2,(H2,13,14)(H,17,18). The highest BCUT2D eigenvalue weighted by atomic mass is 79.9. The highest BCUT2D eigenvalue weighted by molar-refractivity contribution is 9.11. The van der Waals surface area contributed by atoms with Crippen LogP contribution in [0.1, 0.15) is 0 Å². The number of hydrogen-bond acceptors (Lipinski definition) is 5. The number of anilines is 1. The predicted octanol–water partition coefficient (Wildman–Crippen LogP) is 2.55. The fraction of sp³-hybridized carbons (Fsp3) is 0.100. The largest absolute Gasteiger partial charge is 0.481 e. The van der Waals surface area contributed by atoms with Crippen LogP contribution in [0.2, 0.25) is 0 Å². The molecule has 100 valence electrons. The zero-order valence-electron chi connectivity index (χ0n) is 9.38. The highest BCUT2D eigenvalue weighted by Gasteiger charge is 2.15. The zero-order chi connectivity index (χ0) is 14.0. The molecule has 0 spiro atoms. The molecule has 0 aliphatic heterocycles. The predicted molar refractivity (Wildman–Crippen MR) is 79.5 cm³/mol. The molecule has 9 heteroatoms. The molecular weight excluding hydrogens is 400 g/mol. The van der Waals surface area contributed by atoms with E-state index in [-0.39, 0.29) is 11.7 Å². The minimum absolute atomic E-state index is 0.107. The second-order valence-electron chi connectivity index (χ2n) is 3.45. The van der Waals surface area contributed by atoms with Crippen molar-refractivity contribution < 1.29 is 9.90 Å². The molecule has 0 aliphatic carbocycles. The normalized spacial score (nSPS) is 10.6. The van der Waals surface area contributed by atoms with Gasteiger partial charge in [0.05, 0.1) is 11.4 Å². The molecule has 19 heavy (non-hydrogen) atoms. The number of carbonyl (C=O) groups is 1. The highest BCUT2D eigenvalue weighted by Crippen LogP contribution is 2.30. The van der Waals surface area contributed by atoms with Gasteiger partial charge < -0.3 is 10.8 Å². The number of nitrogens with two attached hydrogens (primary N) is 1. The number of thioether (sulfide) groups is 1. The van der Waals surface area contributed by atoms with Crippen LogP contribution in [0.4, 0.5) is 5.95 Å². The smallest absolute Gasteiger partial charge is 0.313 e. The quantitative estimate of drug-likeness (QED) is 0.756. The second kappa shape index (κ2) is 5.93. The van der Waals surface area contributed by atoms with Crippen molar-refractivity contribution in [3.63, 3.8) is 0 Å². The summed E-state index contributed by atoms with van der Waals surface area (Å²) in [7, 11) is 0. The Morgan fingerprint density at radius 1 is 1.42 bits per heavy atom. The molecule has 0 aliphatic rings. The van der Waals surface area contributed by atoms with E-state index in [0.717, 1.165) is 26.4 Å². The summed E-state index contributed by atoms with van der Waals surface area (Å²) in [6.45, 7) is 0. The van der Waals surface area contributed by atoms with Crippen LogP contribution in [-0.2, 0) is 4.79 Å². The lowest BCUT2D eigenvalue weighted by atomic mass is 10.3. The summed E-state index contributed by atoms with van der Waals surface area (Å²) in [5, 5.41) is 16.8. The lowest BCUT2D eigenvalue weighted by Gasteiger charge is -2.10. The summed E-state index contributed by atoms with van der Waals surface area (Å²) in [4.78, 5) is 10.6. The molecule has 3 N–H and O–H groups in total. The fourth-order valence-corrected chi connectivity index (χ4v) is 2.83. The van der Waals surface area contributed by atoms with Gasteiger partial charge in [-0.3, -0.25) is 9.36 Å². The Bertz CT molecular complexity index is 632. The van der Waals surface area contributed by atoms with Gasteiger partial charge in [0.25, 0.3) is 0 Å². The average Bonchev–Trinajstić information content (AvgIpc) is 2.71. The molecule has 6 nitrogen and oxygen atoms in total. The van der Waals surface area contributed by atoms with Gasteiger partial charge in [-0.1, -0.05) is 27.7 Å². The number of aliphatic carboxylic acids is 1. The molecule has 0 bridgehead atoms. The lowest BCUT2D eigenvalue weighted by molar-refractivity contribution is -0.133. The maximum atomic E-state index is 10.6. The Hall–Kier alpha value is -1.06. The summed E-state index contributed by atoms with van der Waals surface area (Å²) in [5.41, 5.74) is 6.53. The van der Waals surface area contributed by atoms with E-state index in [9.17, 15) is 4.79 Å². The Labute approximate surface area is 129 Å². The summed E-state index contributed by atoms with van der Waals surface area (Å²) < 4.78 is 3.27. The summed E-state index contributed by atoms with van der Waals surface area (Å²) in [6, 6.07) is 5.57. The third-order valence-electron chi connectivity index (χ3n) is 2.13. The first kappa shape index (κ1) is 14.4. The van der Waals surface area contributed by atoms with Crippen LogP contribution in [0, 0.1) is 0 Å². The molecule has 0 unspecified atom stereocenters. The van der Waals surface area contributed by atoms with Gasteiger partial charge in [-0.2, -0.15) is 0 Å². The Morgan fingerprint density at radius 2 is 2.16 bits per heavy atom. The van der Waals surface area contributed by atoms with E-state index in [4.69, 9.17) is 10.8 Å². The minimum Gasteiger partial charge on any atom is -0.481 e. The molecule has 1 aromatic carbocycles. The molecule has 2 aromatic rings. The summed E-state index contributed by atoms with van der Waals surface area (Å²) >= 11 is 7.86. The first-order valence-electron chi connectivity index (χ1n) is 5.00. The van der Waals surface area contributed by atoms with Crippen molar-refractivity contribution >= 4 is 55.5 Å². The number of hydrogen-bond donors (Lipinski definition) is 2. The maximum absolute atomic E-state index is 10.6. The van der Waals surface area contributed by atoms with E-state index >= 15 is 0 Å². The maximum Gasteiger partial charge on any atom is 0.313 e. The van der Waals surface area contributed by atoms with Crippen molar-refractivity contribution in [2.45, 2.75) is 5.16 Å². The summed E-state index contributed by atoms with van der Waals surface area (Å²) in [5.74, 6) is -0.831. The van der Waals surface area contributed by atoms with Gasteiger partial charge in [0.2, 0.25) is 5.95 Å². The van der Waals surface area contributed by atoms with Gasteiger partial charge in [-0.05, 0) is 34.1 Å². The van der Waals surface area contributed by atoms with Crippen molar-refractivity contribution in [3.05, 3.63) is 27.1 Å². The Morgan fingerprint density at radius 3 is 2.84 bits per heavy atom. The van der Waals surface area contributed by atoms with Crippen LogP contribution in [0.5, 0.6) is 0 Å². The van der Waals surface area contributed by atoms with Crippen LogP contribution in [-0.4, -0.2) is 31.6 Å². The lowest BCUT2D eigenvalue weighted by Crippen LogP contribution is -2.05. The van der Waals surface area contributed by atoms with Crippen molar-refractivity contribution in [1.29, 1.82) is 0 Å². The van der Waals surface area contributed by atoms with Crippen molar-refractivity contribution in [1.82, 2.24) is 14.8 Å². The van der Waals surface area contributed by atoms with Crippen molar-refractivity contribution in [2.75, 3.05) is 11.5 Å². The summed E-state index contributed by atoms with van der Waals surface area (Å²) in [6.07, 6.45) is 0. The van der Waals surface area contributed by atoms with E-state index < -0.39 is 5.97 Å². The first-order chi connectivity index (χ1) is 8.99. The van der Waals surface area contributed by atoms with Crippen LogP contribution in [0.25, 0.3) is 5.69 Å². The number of carboxylic acid groups (broad SMARTS) is 1. The third-order valence-corrected chi connectivity index (χ3v) is 4.21. The zero-order valence-corrected chi connectivity index (χ0v) is 13.4. The molecule has 0 amide bonds. The number of halogens is 2. The van der Waals surface area contributed by atoms with E-state index in [2.05, 4.69) is 42.1 Å². The molecule has 0 saturated heterocycles. The number of aromatic nitrogens is 3. The minimum atomic E-state index is -0.925. The topological polar surface area (TPSA) is 94.0 Å². The van der Waals surface area contributed by atoms with Gasteiger partial charge in [0.15, 0.2) is 5.16 Å². The molecule has 0 atom stereocenters. The Balaban J connectivity index is 2.46. The molecular formula is C10H8Br2N4O2S.